The Morgan fingerprint density at radius 1 is 1.07 bits per heavy atom. The molecule has 0 unspecified atom stereocenters. The van der Waals surface area contributed by atoms with Gasteiger partial charge in [0.25, 0.3) is 0 Å². The van der Waals surface area contributed by atoms with Crippen LogP contribution in [0.4, 0.5) is 5.69 Å². The number of hydrogen-bond acceptors (Lipinski definition) is 2. The van der Waals surface area contributed by atoms with Gasteiger partial charge in [-0.05, 0) is 57.7 Å². The van der Waals surface area contributed by atoms with Gasteiger partial charge in [-0.3, -0.25) is 9.59 Å². The van der Waals surface area contributed by atoms with Crippen molar-refractivity contribution in [3.8, 4) is 0 Å². The van der Waals surface area contributed by atoms with Crippen LogP contribution >= 0.6 is 0 Å². The minimum absolute atomic E-state index is 0.0231. The van der Waals surface area contributed by atoms with E-state index in [2.05, 4.69) is 0 Å². The lowest BCUT2D eigenvalue weighted by atomic mass is 9.76. The van der Waals surface area contributed by atoms with Gasteiger partial charge in [-0.1, -0.05) is 59.7 Å². The fourth-order valence-electron chi connectivity index (χ4n) is 3.87. The number of Topliss-reactive ketones (excluding diaryl/α,β-unsaturated/α-hetero) is 1. The van der Waals surface area contributed by atoms with Crippen LogP contribution < -0.4 is 4.90 Å². The van der Waals surface area contributed by atoms with E-state index in [-0.39, 0.29) is 11.7 Å². The summed E-state index contributed by atoms with van der Waals surface area (Å²) in [6, 6.07) is 15.9. The zero-order valence-corrected chi connectivity index (χ0v) is 17.3. The van der Waals surface area contributed by atoms with Crippen molar-refractivity contribution in [2.75, 3.05) is 11.4 Å². The molecule has 0 spiro atoms. The highest BCUT2D eigenvalue weighted by Crippen LogP contribution is 2.41. The molecule has 1 aliphatic rings. The maximum atomic E-state index is 13.6. The summed E-state index contributed by atoms with van der Waals surface area (Å²) < 4.78 is 0. The lowest BCUT2D eigenvalue weighted by Crippen LogP contribution is -2.41. The second kappa shape index (κ2) is 8.14. The van der Waals surface area contributed by atoms with Gasteiger partial charge in [-0.25, -0.2) is 0 Å². The maximum absolute atomic E-state index is 13.6. The Bertz CT molecular complexity index is 906. The van der Waals surface area contributed by atoms with E-state index in [1.54, 1.807) is 4.90 Å². The van der Waals surface area contributed by atoms with E-state index in [9.17, 15) is 9.59 Å². The van der Waals surface area contributed by atoms with Crippen molar-refractivity contribution in [3.63, 3.8) is 0 Å². The van der Waals surface area contributed by atoms with Gasteiger partial charge >= 0.3 is 0 Å². The third kappa shape index (κ3) is 3.94. The van der Waals surface area contributed by atoms with Gasteiger partial charge in [-0.2, -0.15) is 0 Å². The van der Waals surface area contributed by atoms with Crippen LogP contribution in [0.5, 0.6) is 0 Å². The second-order valence-corrected chi connectivity index (χ2v) is 8.15. The molecule has 1 atom stereocenters. The fraction of sp³-hybridized carbons (Fsp3) is 0.360. The summed E-state index contributed by atoms with van der Waals surface area (Å²) in [6.07, 6.45) is 3.37. The smallest absolute Gasteiger partial charge is 0.241 e. The van der Waals surface area contributed by atoms with Crippen molar-refractivity contribution >= 4 is 17.4 Å². The van der Waals surface area contributed by atoms with E-state index in [0.717, 1.165) is 28.0 Å². The lowest BCUT2D eigenvalue weighted by molar-refractivity contribution is -0.137. The molecule has 146 valence electrons. The Balaban J connectivity index is 1.93. The molecule has 2 aromatic rings. The predicted molar refractivity (Wildman–Crippen MR) is 115 cm³/mol. The number of carbonyl (C=O) groups excluding carboxylic acids is 2. The number of aryl methyl sites for hydroxylation is 2. The molecule has 1 fully saturated rings. The largest absolute Gasteiger partial charge is 0.311 e. The first-order chi connectivity index (χ1) is 13.3. The number of amides is 1. The molecule has 1 saturated heterocycles. The average molecular weight is 376 g/mol. The molecule has 0 saturated carbocycles. The monoisotopic (exact) mass is 375 g/mol. The molecule has 0 radical (unpaired) electrons. The molecular formula is C25H29NO2. The third-order valence-electron chi connectivity index (χ3n) is 5.70. The van der Waals surface area contributed by atoms with Gasteiger partial charge in [0.15, 0.2) is 5.78 Å². The fourth-order valence-corrected chi connectivity index (χ4v) is 3.87. The molecule has 0 aliphatic carbocycles. The molecular weight excluding hydrogens is 346 g/mol. The second-order valence-electron chi connectivity index (χ2n) is 8.15. The summed E-state index contributed by atoms with van der Waals surface area (Å²) in [5.41, 5.74) is 4.26. The summed E-state index contributed by atoms with van der Waals surface area (Å²) in [5.74, 6) is -0.0358. The van der Waals surface area contributed by atoms with Crippen LogP contribution in [0.15, 0.2) is 60.2 Å². The van der Waals surface area contributed by atoms with Crippen molar-refractivity contribution < 1.29 is 9.59 Å². The Kier molecular flexibility index (Phi) is 5.83. The van der Waals surface area contributed by atoms with Gasteiger partial charge in [0.05, 0.1) is 0 Å². The molecule has 0 N–H and O–H groups in total. The van der Waals surface area contributed by atoms with Gasteiger partial charge in [0.2, 0.25) is 5.91 Å². The minimum Gasteiger partial charge on any atom is -0.311 e. The highest BCUT2D eigenvalue weighted by molar-refractivity contribution is 6.15. The summed E-state index contributed by atoms with van der Waals surface area (Å²) >= 11 is 0. The quantitative estimate of drug-likeness (QED) is 0.514. The van der Waals surface area contributed by atoms with Gasteiger partial charge in [0, 0.05) is 18.7 Å². The van der Waals surface area contributed by atoms with Crippen LogP contribution in [0.1, 0.15) is 43.4 Å². The first-order valence-electron chi connectivity index (χ1n) is 9.93. The molecule has 28 heavy (non-hydrogen) atoms. The number of allylic oxidation sites excluding steroid dienone is 2. The minimum atomic E-state index is -0.968. The highest BCUT2D eigenvalue weighted by Gasteiger charge is 2.51. The average Bonchev–Trinajstić information content (AvgIpc) is 3.00. The summed E-state index contributed by atoms with van der Waals surface area (Å²) in [6.45, 7) is 8.64. The van der Waals surface area contributed by atoms with E-state index in [4.69, 9.17) is 0 Å². The molecule has 0 bridgehead atoms. The van der Waals surface area contributed by atoms with E-state index in [0.29, 0.717) is 25.8 Å². The first kappa shape index (κ1) is 20.1. The molecule has 1 amide bonds. The molecule has 2 aromatic carbocycles. The Morgan fingerprint density at radius 3 is 2.39 bits per heavy atom. The van der Waals surface area contributed by atoms with Crippen LogP contribution in [0.3, 0.4) is 0 Å². The zero-order chi connectivity index (χ0) is 20.3. The van der Waals surface area contributed by atoms with Gasteiger partial charge in [-0.15, -0.1) is 0 Å². The zero-order valence-electron chi connectivity index (χ0n) is 17.3. The first-order valence-corrected chi connectivity index (χ1v) is 9.93. The Hall–Kier alpha value is -2.68. The number of para-hydroxylation sites is 1. The summed E-state index contributed by atoms with van der Waals surface area (Å²) in [4.78, 5) is 28.8. The van der Waals surface area contributed by atoms with E-state index in [1.807, 2.05) is 82.3 Å². The molecule has 3 nitrogen and oxygen atoms in total. The molecule has 3 heteroatoms. The number of ketones is 1. The van der Waals surface area contributed by atoms with Crippen LogP contribution in [-0.4, -0.2) is 18.2 Å². The molecule has 1 heterocycles. The van der Waals surface area contributed by atoms with Crippen molar-refractivity contribution in [1.29, 1.82) is 0 Å². The van der Waals surface area contributed by atoms with E-state index in [1.165, 1.54) is 0 Å². The maximum Gasteiger partial charge on any atom is 0.241 e. The number of rotatable bonds is 6. The topological polar surface area (TPSA) is 37.4 Å². The SMILES string of the molecule is CC(C)=CC[C@@]1(C(=O)Cc2ccc(C)cc2)CCN(c2ccccc2C)C1=O. The van der Waals surface area contributed by atoms with E-state index < -0.39 is 5.41 Å². The highest BCUT2D eigenvalue weighted by atomic mass is 16.2. The normalized spacial score (nSPS) is 19.0. The van der Waals surface area contributed by atoms with Gasteiger partial charge < -0.3 is 4.90 Å². The molecule has 0 aromatic heterocycles. The van der Waals surface area contributed by atoms with Crippen molar-refractivity contribution in [2.24, 2.45) is 5.41 Å². The number of benzene rings is 2. The van der Waals surface area contributed by atoms with Crippen LogP contribution in [-0.2, 0) is 16.0 Å². The summed E-state index contributed by atoms with van der Waals surface area (Å²) in [5, 5.41) is 0. The van der Waals surface area contributed by atoms with E-state index >= 15 is 0 Å². The number of carbonyl (C=O) groups is 2. The molecule has 3 rings (SSSR count). The summed E-state index contributed by atoms with van der Waals surface area (Å²) in [7, 11) is 0. The third-order valence-corrected chi connectivity index (χ3v) is 5.70. The van der Waals surface area contributed by atoms with Crippen LogP contribution in [0.25, 0.3) is 0 Å². The van der Waals surface area contributed by atoms with Crippen LogP contribution in [0, 0.1) is 19.3 Å². The lowest BCUT2D eigenvalue weighted by Gasteiger charge is -2.26. The standard InChI is InChI=1S/C25H29NO2/c1-18(2)13-14-25(23(27)17-21-11-9-19(3)10-12-21)15-16-26(24(25)28)22-8-6-5-7-20(22)4/h5-13H,14-17H2,1-4H3/t25-/m0/s1. The van der Waals surface area contributed by atoms with Crippen molar-refractivity contribution in [1.82, 2.24) is 0 Å². The molecule has 1 aliphatic heterocycles. The number of hydrogen-bond donors (Lipinski definition) is 0. The Labute approximate surface area is 168 Å². The Morgan fingerprint density at radius 2 is 1.75 bits per heavy atom. The van der Waals surface area contributed by atoms with Crippen molar-refractivity contribution in [2.45, 2.75) is 47.0 Å². The van der Waals surface area contributed by atoms with Crippen molar-refractivity contribution in [3.05, 3.63) is 76.9 Å². The van der Waals surface area contributed by atoms with Crippen LogP contribution in [0.2, 0.25) is 0 Å². The predicted octanol–water partition coefficient (Wildman–Crippen LogP) is 5.19. The number of nitrogens with zero attached hydrogens (tertiary/aromatic N) is 1. The number of anilines is 1. The van der Waals surface area contributed by atoms with Gasteiger partial charge in [0.1, 0.15) is 5.41 Å².